The molecule has 7 nitrogen and oxygen atoms in total. The molecule has 3 aliphatic rings. The summed E-state index contributed by atoms with van der Waals surface area (Å²) in [6.45, 7) is 4.42. The second-order valence-corrected chi connectivity index (χ2v) is 9.94. The molecule has 1 aromatic heterocycles. The molecular weight excluding hydrogens is 398 g/mol. The molecule has 0 saturated carbocycles. The van der Waals surface area contributed by atoms with E-state index in [1.54, 1.807) is 18.0 Å². The second-order valence-electron chi connectivity index (χ2n) is 7.24. The van der Waals surface area contributed by atoms with Crippen LogP contribution in [0.3, 0.4) is 0 Å². The maximum absolute atomic E-state index is 12.4. The number of hydrogen-bond donors (Lipinski definition) is 2. The SMILES string of the molecule is CC[C@H](O)[C@@H]1C(=O)N2C(C(=O)O)=C(SC3CCN(Cc4ccccn4)C3)S[C@H]12. The standard InChI is InChI=1S/C19H23N3O4S2/c1-2-13(23)14-16(24)22-15(18(25)26)19(28-17(14)22)27-12-6-8-21(10-12)9-11-5-3-4-7-20-11/h3-5,7,12-14,17,23H,2,6,8-10H2,1H3,(H,25,26)/t12?,13-,14+,17+/m0/s1. The number of β-lactam (4-membered cyclic amide) rings is 1. The van der Waals surface area contributed by atoms with Crippen molar-refractivity contribution in [2.75, 3.05) is 13.1 Å². The minimum atomic E-state index is -1.07. The van der Waals surface area contributed by atoms with Crippen LogP contribution in [-0.4, -0.2) is 66.7 Å². The van der Waals surface area contributed by atoms with Gasteiger partial charge < -0.3 is 10.2 Å². The average molecular weight is 422 g/mol. The molecule has 150 valence electrons. The zero-order valence-electron chi connectivity index (χ0n) is 15.5. The molecule has 4 atom stereocenters. The maximum Gasteiger partial charge on any atom is 0.354 e. The molecule has 2 N–H and O–H groups in total. The Bertz CT molecular complexity index is 804. The van der Waals surface area contributed by atoms with Crippen molar-refractivity contribution in [3.05, 3.63) is 40.0 Å². The molecule has 9 heteroatoms. The van der Waals surface area contributed by atoms with Gasteiger partial charge >= 0.3 is 5.97 Å². The molecule has 0 aliphatic carbocycles. The lowest BCUT2D eigenvalue weighted by atomic mass is 9.90. The molecular formula is C19H23N3O4S2. The zero-order chi connectivity index (χ0) is 19.8. The Kier molecular flexibility index (Phi) is 5.69. The molecule has 1 aromatic rings. The molecule has 1 amide bonds. The van der Waals surface area contributed by atoms with E-state index < -0.39 is 18.0 Å². The first-order valence-corrected chi connectivity index (χ1v) is 11.2. The number of carbonyl (C=O) groups excluding carboxylic acids is 1. The number of hydrogen-bond acceptors (Lipinski definition) is 7. The van der Waals surface area contributed by atoms with E-state index in [1.807, 2.05) is 25.1 Å². The van der Waals surface area contributed by atoms with Crippen LogP contribution in [0.5, 0.6) is 0 Å². The highest BCUT2D eigenvalue weighted by molar-refractivity contribution is 8.23. The van der Waals surface area contributed by atoms with Gasteiger partial charge in [0.15, 0.2) is 5.70 Å². The number of aromatic nitrogens is 1. The van der Waals surface area contributed by atoms with Gasteiger partial charge in [0, 0.05) is 24.5 Å². The van der Waals surface area contributed by atoms with Crippen molar-refractivity contribution in [2.45, 2.75) is 43.0 Å². The van der Waals surface area contributed by atoms with Crippen molar-refractivity contribution in [3.8, 4) is 0 Å². The van der Waals surface area contributed by atoms with E-state index in [-0.39, 0.29) is 22.2 Å². The van der Waals surface area contributed by atoms with E-state index in [0.717, 1.165) is 31.7 Å². The quantitative estimate of drug-likeness (QED) is 0.645. The van der Waals surface area contributed by atoms with Crippen molar-refractivity contribution in [2.24, 2.45) is 5.92 Å². The number of rotatable bonds is 7. The number of likely N-dealkylation sites (tertiary alicyclic amines) is 1. The Morgan fingerprint density at radius 2 is 2.29 bits per heavy atom. The minimum absolute atomic E-state index is 0.0905. The van der Waals surface area contributed by atoms with Crippen molar-refractivity contribution in [1.29, 1.82) is 0 Å². The Morgan fingerprint density at radius 1 is 1.46 bits per heavy atom. The van der Waals surface area contributed by atoms with Crippen LogP contribution >= 0.6 is 23.5 Å². The van der Waals surface area contributed by atoms with Gasteiger partial charge in [-0.2, -0.15) is 0 Å². The van der Waals surface area contributed by atoms with E-state index in [1.165, 1.54) is 16.7 Å². The number of carboxylic acid groups (broad SMARTS) is 1. The topological polar surface area (TPSA) is 94.0 Å². The van der Waals surface area contributed by atoms with Gasteiger partial charge in [-0.15, -0.1) is 11.8 Å². The van der Waals surface area contributed by atoms with E-state index in [4.69, 9.17) is 0 Å². The van der Waals surface area contributed by atoms with Crippen molar-refractivity contribution in [1.82, 2.24) is 14.8 Å². The van der Waals surface area contributed by atoms with Gasteiger partial charge in [0.25, 0.3) is 0 Å². The number of carbonyl (C=O) groups is 2. The Balaban J connectivity index is 1.42. The average Bonchev–Trinajstić information content (AvgIpc) is 3.25. The summed E-state index contributed by atoms with van der Waals surface area (Å²) in [5.41, 5.74) is 1.12. The first kappa shape index (κ1) is 19.8. The highest BCUT2D eigenvalue weighted by Gasteiger charge is 2.58. The van der Waals surface area contributed by atoms with E-state index in [9.17, 15) is 19.8 Å². The summed E-state index contributed by atoms with van der Waals surface area (Å²) in [5.74, 6) is -1.85. The number of aliphatic hydroxyl groups excluding tert-OH is 1. The van der Waals surface area contributed by atoms with Crippen LogP contribution in [0.2, 0.25) is 0 Å². The van der Waals surface area contributed by atoms with E-state index in [0.29, 0.717) is 10.7 Å². The van der Waals surface area contributed by atoms with Crippen LogP contribution in [0.1, 0.15) is 25.5 Å². The summed E-state index contributed by atoms with van der Waals surface area (Å²) in [6, 6.07) is 5.89. The summed E-state index contributed by atoms with van der Waals surface area (Å²) in [4.78, 5) is 32.3. The number of carboxylic acids is 1. The molecule has 1 unspecified atom stereocenters. The molecule has 0 aromatic carbocycles. The van der Waals surface area contributed by atoms with Crippen molar-refractivity contribution in [3.63, 3.8) is 0 Å². The lowest BCUT2D eigenvalue weighted by Crippen LogP contribution is -2.61. The molecule has 4 rings (SSSR count). The molecule has 28 heavy (non-hydrogen) atoms. The largest absolute Gasteiger partial charge is 0.477 e. The van der Waals surface area contributed by atoms with Crippen LogP contribution in [-0.2, 0) is 16.1 Å². The van der Waals surface area contributed by atoms with Gasteiger partial charge in [-0.1, -0.05) is 24.8 Å². The number of aliphatic carboxylic acids is 1. The van der Waals surface area contributed by atoms with Crippen molar-refractivity contribution < 1.29 is 19.8 Å². The molecule has 4 heterocycles. The summed E-state index contributed by atoms with van der Waals surface area (Å²) in [5, 5.41) is 19.8. The summed E-state index contributed by atoms with van der Waals surface area (Å²) >= 11 is 2.98. The van der Waals surface area contributed by atoms with Crippen LogP contribution in [0, 0.1) is 5.92 Å². The third kappa shape index (κ3) is 3.56. The fraction of sp³-hybridized carbons (Fsp3) is 0.526. The van der Waals surface area contributed by atoms with Gasteiger partial charge in [-0.3, -0.25) is 19.6 Å². The number of thioether (sulfide) groups is 2. The van der Waals surface area contributed by atoms with Gasteiger partial charge in [0.05, 0.1) is 22.0 Å². The molecule has 0 spiro atoms. The Labute approximate surface area is 172 Å². The Hall–Kier alpha value is -1.55. The molecule has 2 fully saturated rings. The predicted octanol–water partition coefficient (Wildman–Crippen LogP) is 1.94. The molecule has 0 radical (unpaired) electrons. The van der Waals surface area contributed by atoms with Crippen molar-refractivity contribution >= 4 is 35.4 Å². The van der Waals surface area contributed by atoms with E-state index in [2.05, 4.69) is 9.88 Å². The van der Waals surface area contributed by atoms with Gasteiger partial charge in [0.1, 0.15) is 5.37 Å². The van der Waals surface area contributed by atoms with Crippen LogP contribution < -0.4 is 0 Å². The molecule has 3 aliphatic heterocycles. The highest BCUT2D eigenvalue weighted by atomic mass is 32.2. The highest BCUT2D eigenvalue weighted by Crippen LogP contribution is 2.55. The van der Waals surface area contributed by atoms with Gasteiger partial charge in [0.2, 0.25) is 5.91 Å². The number of nitrogens with zero attached hydrogens (tertiary/aromatic N) is 3. The third-order valence-corrected chi connectivity index (χ3v) is 8.25. The fourth-order valence-electron chi connectivity index (χ4n) is 3.91. The van der Waals surface area contributed by atoms with Gasteiger partial charge in [-0.05, 0) is 31.5 Å². The number of pyridine rings is 1. The van der Waals surface area contributed by atoms with Crippen LogP contribution in [0.15, 0.2) is 34.3 Å². The molecule has 0 bridgehead atoms. The zero-order valence-corrected chi connectivity index (χ0v) is 17.2. The normalized spacial score (nSPS) is 28.4. The predicted molar refractivity (Wildman–Crippen MR) is 108 cm³/mol. The minimum Gasteiger partial charge on any atom is -0.477 e. The number of fused-ring (bicyclic) bond motifs is 1. The summed E-state index contributed by atoms with van der Waals surface area (Å²) in [7, 11) is 0. The fourth-order valence-corrected chi connectivity index (χ4v) is 7.22. The number of amides is 1. The van der Waals surface area contributed by atoms with E-state index >= 15 is 0 Å². The monoisotopic (exact) mass is 421 g/mol. The Morgan fingerprint density at radius 3 is 2.96 bits per heavy atom. The smallest absolute Gasteiger partial charge is 0.354 e. The first-order chi connectivity index (χ1) is 13.5. The summed E-state index contributed by atoms with van der Waals surface area (Å²) < 4.78 is 0.696. The van der Waals surface area contributed by atoms with Crippen LogP contribution in [0.4, 0.5) is 0 Å². The second kappa shape index (κ2) is 8.06. The molecule has 2 saturated heterocycles. The summed E-state index contributed by atoms with van der Waals surface area (Å²) in [6.07, 6.45) is 2.52. The lowest BCUT2D eigenvalue weighted by Gasteiger charge is -2.44. The first-order valence-electron chi connectivity index (χ1n) is 9.44. The third-order valence-electron chi connectivity index (χ3n) is 5.40. The van der Waals surface area contributed by atoms with Gasteiger partial charge in [-0.25, -0.2) is 4.79 Å². The van der Waals surface area contributed by atoms with Crippen LogP contribution in [0.25, 0.3) is 0 Å². The lowest BCUT2D eigenvalue weighted by molar-refractivity contribution is -0.157. The maximum atomic E-state index is 12.4. The number of aliphatic hydroxyl groups is 1.